The number of allylic oxidation sites excluding steroid dienone is 7. The molecule has 0 fully saturated rings. The van der Waals surface area contributed by atoms with Crippen LogP contribution in [0.3, 0.4) is 0 Å². The van der Waals surface area contributed by atoms with Crippen LogP contribution < -0.4 is 10.6 Å². The predicted octanol–water partition coefficient (Wildman–Crippen LogP) is 9.92. The van der Waals surface area contributed by atoms with Crippen LogP contribution >= 0.6 is 0 Å². The third kappa shape index (κ3) is 5.12. The van der Waals surface area contributed by atoms with Crippen LogP contribution in [0.25, 0.3) is 50.4 Å². The molecule has 0 unspecified atom stereocenters. The van der Waals surface area contributed by atoms with E-state index in [2.05, 4.69) is 114 Å². The lowest BCUT2D eigenvalue weighted by Gasteiger charge is -2.23. The third-order valence-electron chi connectivity index (χ3n) is 7.80. The van der Waals surface area contributed by atoms with Crippen molar-refractivity contribution in [3.63, 3.8) is 0 Å². The van der Waals surface area contributed by atoms with E-state index >= 15 is 0 Å². The van der Waals surface area contributed by atoms with E-state index in [9.17, 15) is 0 Å². The highest BCUT2D eigenvalue weighted by Gasteiger charge is 2.34. The van der Waals surface area contributed by atoms with Gasteiger partial charge in [0, 0.05) is 16.0 Å². The van der Waals surface area contributed by atoms with Crippen molar-refractivity contribution in [3.8, 4) is 22.3 Å². The fourth-order valence-electron chi connectivity index (χ4n) is 5.69. The maximum atomic E-state index is 6.09. The Hall–Kier alpha value is -4.36. The van der Waals surface area contributed by atoms with E-state index in [1.54, 1.807) is 6.08 Å². The van der Waals surface area contributed by atoms with Crippen LogP contribution in [-0.4, -0.2) is 0 Å². The van der Waals surface area contributed by atoms with E-state index in [1.165, 1.54) is 44.5 Å². The molecule has 0 bridgehead atoms. The van der Waals surface area contributed by atoms with E-state index in [4.69, 9.17) is 4.42 Å². The normalized spacial score (nSPS) is 15.1. The van der Waals surface area contributed by atoms with Gasteiger partial charge < -0.3 is 4.42 Å². The van der Waals surface area contributed by atoms with Crippen molar-refractivity contribution in [1.82, 2.24) is 0 Å². The smallest absolute Gasteiger partial charge is 0.135 e. The molecule has 1 aliphatic carbocycles. The van der Waals surface area contributed by atoms with Crippen molar-refractivity contribution in [2.75, 3.05) is 0 Å². The lowest BCUT2D eigenvalue weighted by Crippen LogP contribution is -2.21. The maximum Gasteiger partial charge on any atom is 0.135 e. The Labute approximate surface area is 239 Å². The first-order valence-corrected chi connectivity index (χ1v) is 13.9. The van der Waals surface area contributed by atoms with E-state index in [-0.39, 0.29) is 5.41 Å². The number of rotatable bonds is 5. The van der Waals surface area contributed by atoms with Crippen LogP contribution in [0.5, 0.6) is 0 Å². The predicted molar refractivity (Wildman–Crippen MR) is 177 cm³/mol. The molecule has 5 rings (SSSR count). The molecule has 0 atom stereocenters. The summed E-state index contributed by atoms with van der Waals surface area (Å²) in [5, 5.41) is 2.25. The molecule has 1 heteroatoms. The Morgan fingerprint density at radius 2 is 1.40 bits per heavy atom. The standard InChI is InChI=1S/C36H34O.C3H6/c1-8-11-12-31-24(5)29-19-17-28(22-32(29)36(31,6)7)26-15-13-25(14-16-26)27-18-20-34-30(21-27)35(23(4)9-2)33(10-3)37-34;1-3-2/h8-22H,1-2H2,3-7H3;3H,1H2,2H3/b12-11-,33-10+,35-23-;. The van der Waals surface area contributed by atoms with Crippen LogP contribution in [0.15, 0.2) is 121 Å². The summed E-state index contributed by atoms with van der Waals surface area (Å²) in [6, 6.07) is 22.2. The molecular weight excluding hydrogens is 484 g/mol. The molecule has 0 amide bonds. The quantitative estimate of drug-likeness (QED) is 0.187. The van der Waals surface area contributed by atoms with Gasteiger partial charge in [-0.2, -0.15) is 0 Å². The Morgan fingerprint density at radius 3 is 1.98 bits per heavy atom. The van der Waals surface area contributed by atoms with Crippen molar-refractivity contribution < 1.29 is 4.42 Å². The number of hydrogen-bond donors (Lipinski definition) is 0. The second-order valence-electron chi connectivity index (χ2n) is 10.7. The van der Waals surface area contributed by atoms with Gasteiger partial charge in [0.05, 0.1) is 0 Å². The first-order valence-electron chi connectivity index (χ1n) is 13.9. The zero-order valence-electron chi connectivity index (χ0n) is 24.8. The second kappa shape index (κ2) is 11.8. The van der Waals surface area contributed by atoms with Gasteiger partial charge in [0.2, 0.25) is 0 Å². The summed E-state index contributed by atoms with van der Waals surface area (Å²) >= 11 is 0. The fourth-order valence-corrected chi connectivity index (χ4v) is 5.69. The molecule has 0 aliphatic heterocycles. The van der Waals surface area contributed by atoms with Crippen molar-refractivity contribution in [2.24, 2.45) is 0 Å². The Kier molecular flexibility index (Phi) is 8.45. The van der Waals surface area contributed by atoms with E-state index < -0.39 is 0 Å². The minimum absolute atomic E-state index is 0.0397. The van der Waals surface area contributed by atoms with Crippen molar-refractivity contribution in [3.05, 3.63) is 138 Å². The van der Waals surface area contributed by atoms with Gasteiger partial charge in [0.1, 0.15) is 11.0 Å². The van der Waals surface area contributed by atoms with Crippen molar-refractivity contribution in [1.29, 1.82) is 0 Å². The lowest BCUT2D eigenvalue weighted by molar-refractivity contribution is 0.574. The topological polar surface area (TPSA) is 13.1 Å². The molecule has 0 saturated heterocycles. The molecule has 4 aromatic rings. The van der Waals surface area contributed by atoms with Gasteiger partial charge in [0.15, 0.2) is 0 Å². The van der Waals surface area contributed by atoms with Gasteiger partial charge in [-0.15, -0.1) is 6.58 Å². The summed E-state index contributed by atoms with van der Waals surface area (Å²) in [5.74, 6) is 0. The first kappa shape index (κ1) is 28.6. The average Bonchev–Trinajstić information content (AvgIpc) is 3.43. The summed E-state index contributed by atoms with van der Waals surface area (Å²) in [4.78, 5) is 0. The Morgan fingerprint density at radius 1 is 0.825 bits per heavy atom. The van der Waals surface area contributed by atoms with Gasteiger partial charge in [-0.25, -0.2) is 0 Å². The van der Waals surface area contributed by atoms with E-state index in [0.29, 0.717) is 0 Å². The molecule has 3 aromatic carbocycles. The molecule has 202 valence electrons. The minimum Gasteiger partial charge on any atom is -0.456 e. The molecule has 0 radical (unpaired) electrons. The van der Waals surface area contributed by atoms with Crippen LogP contribution in [0.4, 0.5) is 0 Å². The summed E-state index contributed by atoms with van der Waals surface area (Å²) in [6.07, 6.45) is 11.7. The van der Waals surface area contributed by atoms with Crippen molar-refractivity contribution >= 4 is 28.2 Å². The highest BCUT2D eigenvalue weighted by Crippen LogP contribution is 2.47. The SMILES string of the molecule is C=C/C=C\C1=C(C)c2ccc(-c3ccc(-c4ccc5oc(=C/C)/c(=C(/C)C=C)c5c4)cc3)cc2C1(C)C.C=CC. The summed E-state index contributed by atoms with van der Waals surface area (Å²) < 4.78 is 6.09. The fraction of sp³-hybridized carbons (Fsp3) is 0.179. The first-order chi connectivity index (χ1) is 19.2. The van der Waals surface area contributed by atoms with Gasteiger partial charge >= 0.3 is 0 Å². The van der Waals surface area contributed by atoms with Crippen molar-refractivity contribution in [2.45, 2.75) is 47.0 Å². The van der Waals surface area contributed by atoms with Gasteiger partial charge in [-0.05, 0) is 102 Å². The Balaban J connectivity index is 0.00000118. The highest BCUT2D eigenvalue weighted by molar-refractivity contribution is 5.87. The molecule has 0 N–H and O–H groups in total. The molecule has 1 nitrogen and oxygen atoms in total. The number of furan rings is 1. The summed E-state index contributed by atoms with van der Waals surface area (Å²) in [5.41, 5.74) is 13.1. The van der Waals surface area contributed by atoms with Gasteiger partial charge in [-0.3, -0.25) is 0 Å². The van der Waals surface area contributed by atoms with Crippen LogP contribution in [0, 0.1) is 0 Å². The summed E-state index contributed by atoms with van der Waals surface area (Å²) in [7, 11) is 0. The van der Waals surface area contributed by atoms with E-state index in [1.807, 2.05) is 38.2 Å². The molecule has 1 aliphatic rings. The summed E-state index contributed by atoms with van der Waals surface area (Å²) in [6.45, 7) is 24.0. The molecule has 0 saturated carbocycles. The molecule has 1 heterocycles. The molecule has 40 heavy (non-hydrogen) atoms. The zero-order chi connectivity index (χ0) is 29.0. The molecular formula is C39H40O. The van der Waals surface area contributed by atoms with Gasteiger partial charge in [-0.1, -0.05) is 99.9 Å². The van der Waals surface area contributed by atoms with Gasteiger partial charge in [0.25, 0.3) is 0 Å². The van der Waals surface area contributed by atoms with E-state index in [0.717, 1.165) is 27.2 Å². The highest BCUT2D eigenvalue weighted by atomic mass is 16.3. The minimum atomic E-state index is -0.0397. The largest absolute Gasteiger partial charge is 0.456 e. The Bertz CT molecular complexity index is 1780. The lowest BCUT2D eigenvalue weighted by atomic mass is 9.80. The number of hydrogen-bond acceptors (Lipinski definition) is 1. The molecule has 0 spiro atoms. The van der Waals surface area contributed by atoms with Crippen LogP contribution in [-0.2, 0) is 5.41 Å². The zero-order valence-corrected chi connectivity index (χ0v) is 24.8. The maximum absolute atomic E-state index is 6.09. The number of benzene rings is 3. The average molecular weight is 525 g/mol. The van der Waals surface area contributed by atoms with Crippen LogP contribution in [0.2, 0.25) is 0 Å². The third-order valence-corrected chi connectivity index (χ3v) is 7.80. The monoisotopic (exact) mass is 524 g/mol. The second-order valence-corrected chi connectivity index (χ2v) is 10.7. The van der Waals surface area contributed by atoms with Crippen LogP contribution in [0.1, 0.15) is 52.7 Å². The number of fused-ring (bicyclic) bond motifs is 2. The molecule has 1 aromatic heterocycles.